The molecule has 1 aliphatic rings. The van der Waals surface area contributed by atoms with Crippen LogP contribution >= 0.6 is 0 Å². The van der Waals surface area contributed by atoms with E-state index in [4.69, 9.17) is 0 Å². The maximum absolute atomic E-state index is 3.97. The average Bonchev–Trinajstić information content (AvgIpc) is 3.13. The van der Waals surface area contributed by atoms with Gasteiger partial charge in [0.2, 0.25) is 0 Å². The van der Waals surface area contributed by atoms with E-state index in [0.717, 1.165) is 45.6 Å². The summed E-state index contributed by atoms with van der Waals surface area (Å²) in [6.45, 7) is 19.0. The standard InChI is InChI=1S/C46H48N2/c1-7-11-14-23-42(44-27-18-25-41-26-19-32-47-46(41)44)34-43(24-15-12-8-2)45(48-36(6)39-21-16-13-17-22-39)33-35(5)38-28-30-40(31-29-38)37(10-4)20-9-3/h7-31,33-34,36,45,47-48H,2-4,32H2,1,5-6H3/b11-7+,15-12-,23-14+,35-33+,37-20+,42-34+,43-24+. The van der Waals surface area contributed by atoms with E-state index in [1.54, 1.807) is 6.08 Å². The molecule has 242 valence electrons. The molecule has 1 aliphatic heterocycles. The van der Waals surface area contributed by atoms with E-state index in [1.807, 2.05) is 37.3 Å². The first kappa shape index (κ1) is 35.4. The van der Waals surface area contributed by atoms with Gasteiger partial charge in [-0.3, -0.25) is 0 Å². The maximum atomic E-state index is 3.97. The van der Waals surface area contributed by atoms with Crippen LogP contribution in [0.15, 0.2) is 183 Å². The van der Waals surface area contributed by atoms with Gasteiger partial charge in [0.1, 0.15) is 0 Å². The molecule has 4 rings (SSSR count). The third-order valence-electron chi connectivity index (χ3n) is 8.23. The second-order valence-electron chi connectivity index (χ2n) is 11.6. The smallest absolute Gasteiger partial charge is 0.0516 e. The third kappa shape index (κ3) is 9.78. The summed E-state index contributed by atoms with van der Waals surface area (Å²) in [7, 11) is 0. The van der Waals surface area contributed by atoms with Crippen molar-refractivity contribution in [3.8, 4) is 0 Å². The van der Waals surface area contributed by atoms with Crippen molar-refractivity contribution in [3.05, 3.63) is 211 Å². The lowest BCUT2D eigenvalue weighted by molar-refractivity contribution is 0.555. The number of para-hydroxylation sites is 1. The molecule has 2 N–H and O–H groups in total. The lowest BCUT2D eigenvalue weighted by Crippen LogP contribution is -2.31. The molecule has 48 heavy (non-hydrogen) atoms. The van der Waals surface area contributed by atoms with Crippen LogP contribution in [-0.4, -0.2) is 12.6 Å². The predicted octanol–water partition coefficient (Wildman–Crippen LogP) is 11.9. The van der Waals surface area contributed by atoms with Crippen LogP contribution in [0.3, 0.4) is 0 Å². The molecule has 2 heteroatoms. The van der Waals surface area contributed by atoms with Gasteiger partial charge in [-0.2, -0.15) is 0 Å². The molecule has 0 aliphatic carbocycles. The highest BCUT2D eigenvalue weighted by molar-refractivity contribution is 5.89. The van der Waals surface area contributed by atoms with Crippen molar-refractivity contribution in [2.45, 2.75) is 32.9 Å². The van der Waals surface area contributed by atoms with E-state index in [-0.39, 0.29) is 12.1 Å². The van der Waals surface area contributed by atoms with Crippen molar-refractivity contribution in [2.24, 2.45) is 0 Å². The zero-order valence-corrected chi connectivity index (χ0v) is 28.6. The Morgan fingerprint density at radius 3 is 2.29 bits per heavy atom. The van der Waals surface area contributed by atoms with Crippen molar-refractivity contribution in [1.29, 1.82) is 0 Å². The van der Waals surface area contributed by atoms with Crippen molar-refractivity contribution in [3.63, 3.8) is 0 Å². The van der Waals surface area contributed by atoms with E-state index < -0.39 is 0 Å². The number of hydrogen-bond acceptors (Lipinski definition) is 2. The quantitative estimate of drug-likeness (QED) is 0.164. The minimum absolute atomic E-state index is 0.0975. The Kier molecular flexibility index (Phi) is 13.8. The Hall–Kier alpha value is -5.44. The van der Waals surface area contributed by atoms with Crippen molar-refractivity contribution < 1.29 is 0 Å². The Labute approximate surface area is 288 Å². The average molecular weight is 629 g/mol. The lowest BCUT2D eigenvalue weighted by Gasteiger charge is -2.25. The van der Waals surface area contributed by atoms with E-state index in [0.29, 0.717) is 0 Å². The van der Waals surface area contributed by atoms with Gasteiger partial charge in [0.05, 0.1) is 6.04 Å². The molecule has 3 aromatic carbocycles. The third-order valence-corrected chi connectivity index (χ3v) is 8.23. The zero-order chi connectivity index (χ0) is 34.1. The van der Waals surface area contributed by atoms with Crippen LogP contribution in [0.4, 0.5) is 5.69 Å². The lowest BCUT2D eigenvalue weighted by atomic mass is 9.92. The summed E-state index contributed by atoms with van der Waals surface area (Å²) < 4.78 is 0. The monoisotopic (exact) mass is 628 g/mol. The number of benzene rings is 3. The first-order valence-electron chi connectivity index (χ1n) is 16.6. The summed E-state index contributed by atoms with van der Waals surface area (Å²) in [6, 6.07) is 25.7. The van der Waals surface area contributed by atoms with Crippen LogP contribution < -0.4 is 10.6 Å². The minimum atomic E-state index is -0.115. The summed E-state index contributed by atoms with van der Waals surface area (Å²) in [5, 5.41) is 7.57. The fourth-order valence-electron chi connectivity index (χ4n) is 5.67. The molecule has 0 bridgehead atoms. The number of rotatable bonds is 15. The molecule has 0 amide bonds. The molecule has 2 nitrogen and oxygen atoms in total. The molecule has 0 spiro atoms. The highest BCUT2D eigenvalue weighted by atomic mass is 14.9. The summed E-state index contributed by atoms with van der Waals surface area (Å²) in [5.74, 6) is 0. The number of allylic oxidation sites excluding steroid dienone is 14. The van der Waals surface area contributed by atoms with Gasteiger partial charge in [-0.1, -0.05) is 178 Å². The van der Waals surface area contributed by atoms with E-state index in [1.165, 1.54) is 16.7 Å². The topological polar surface area (TPSA) is 24.1 Å². The number of anilines is 1. The van der Waals surface area contributed by atoms with Crippen molar-refractivity contribution in [1.82, 2.24) is 5.32 Å². The maximum Gasteiger partial charge on any atom is 0.0516 e. The van der Waals surface area contributed by atoms with Gasteiger partial charge in [-0.25, -0.2) is 0 Å². The Morgan fingerprint density at radius 1 is 0.812 bits per heavy atom. The molecule has 2 atom stereocenters. The second kappa shape index (κ2) is 18.6. The summed E-state index contributed by atoms with van der Waals surface area (Å²) in [6.07, 6.45) is 31.1. The molecular weight excluding hydrogens is 581 g/mol. The SMILES string of the molecule is C=C\C=C/C=C(\C=C(/C=C/C=C/C)c1cccc2c1NCC=C2)C(/C=C(\C)c1ccc(/C(C=C)=C/C=C)cc1)NC(C)c1ccccc1. The molecule has 2 unspecified atom stereocenters. The number of fused-ring (bicyclic) bond motifs is 1. The van der Waals surface area contributed by atoms with E-state index in [2.05, 4.69) is 172 Å². The Balaban J connectivity index is 1.88. The van der Waals surface area contributed by atoms with Gasteiger partial charge >= 0.3 is 0 Å². The zero-order valence-electron chi connectivity index (χ0n) is 28.6. The minimum Gasteiger partial charge on any atom is -0.381 e. The molecule has 1 heterocycles. The fourth-order valence-corrected chi connectivity index (χ4v) is 5.67. The van der Waals surface area contributed by atoms with Gasteiger partial charge in [0.25, 0.3) is 0 Å². The van der Waals surface area contributed by atoms with Crippen molar-refractivity contribution in [2.75, 3.05) is 11.9 Å². The summed E-state index contributed by atoms with van der Waals surface area (Å²) >= 11 is 0. The second-order valence-corrected chi connectivity index (χ2v) is 11.6. The Bertz CT molecular complexity index is 1800. The van der Waals surface area contributed by atoms with Gasteiger partial charge in [0.15, 0.2) is 0 Å². The normalized spacial score (nSPS) is 15.4. The molecule has 0 saturated carbocycles. The molecule has 0 radical (unpaired) electrons. The summed E-state index contributed by atoms with van der Waals surface area (Å²) in [4.78, 5) is 0. The largest absolute Gasteiger partial charge is 0.381 e. The van der Waals surface area contributed by atoms with Gasteiger partial charge in [-0.05, 0) is 71.4 Å². The van der Waals surface area contributed by atoms with Crippen LogP contribution in [0.1, 0.15) is 54.6 Å². The fraction of sp³-hybridized carbons (Fsp3) is 0.130. The van der Waals surface area contributed by atoms with Gasteiger partial charge < -0.3 is 10.6 Å². The first-order chi connectivity index (χ1) is 23.5. The summed E-state index contributed by atoms with van der Waals surface area (Å²) in [5.41, 5.74) is 11.5. The van der Waals surface area contributed by atoms with Crippen LogP contribution in [0.2, 0.25) is 0 Å². The highest BCUT2D eigenvalue weighted by Gasteiger charge is 2.18. The van der Waals surface area contributed by atoms with Gasteiger partial charge in [-0.15, -0.1) is 0 Å². The van der Waals surface area contributed by atoms with Crippen LogP contribution in [0.5, 0.6) is 0 Å². The first-order valence-corrected chi connectivity index (χ1v) is 16.6. The molecule has 0 saturated heterocycles. The highest BCUT2D eigenvalue weighted by Crippen LogP contribution is 2.33. The molecular formula is C46H48N2. The van der Waals surface area contributed by atoms with Gasteiger partial charge in [0, 0.05) is 23.8 Å². The van der Waals surface area contributed by atoms with E-state index in [9.17, 15) is 0 Å². The molecule has 0 aromatic heterocycles. The number of nitrogens with one attached hydrogen (secondary N) is 2. The van der Waals surface area contributed by atoms with Crippen LogP contribution in [-0.2, 0) is 0 Å². The predicted molar refractivity (Wildman–Crippen MR) is 214 cm³/mol. The van der Waals surface area contributed by atoms with E-state index >= 15 is 0 Å². The van der Waals surface area contributed by atoms with Crippen molar-refractivity contribution >= 4 is 28.5 Å². The molecule has 3 aromatic rings. The Morgan fingerprint density at radius 2 is 1.58 bits per heavy atom. The van der Waals surface area contributed by atoms with Crippen LogP contribution in [0.25, 0.3) is 22.8 Å². The van der Waals surface area contributed by atoms with Crippen LogP contribution in [0, 0.1) is 0 Å². The molecule has 0 fully saturated rings. The number of hydrogen-bond donors (Lipinski definition) is 2.